The summed E-state index contributed by atoms with van der Waals surface area (Å²) >= 11 is 0. The van der Waals surface area contributed by atoms with Crippen LogP contribution in [0.3, 0.4) is 0 Å². The molecule has 0 aliphatic rings. The van der Waals surface area contributed by atoms with Crippen molar-refractivity contribution < 1.29 is 4.74 Å². The maximum atomic E-state index is 5.36. The van der Waals surface area contributed by atoms with Gasteiger partial charge in [0.2, 0.25) is 17.8 Å². The van der Waals surface area contributed by atoms with Crippen LogP contribution >= 0.6 is 0 Å². The van der Waals surface area contributed by atoms with Crippen molar-refractivity contribution in [3.8, 4) is 0 Å². The molecule has 0 aliphatic heterocycles. The van der Waals surface area contributed by atoms with Crippen molar-refractivity contribution in [2.45, 2.75) is 13.0 Å². The van der Waals surface area contributed by atoms with E-state index in [9.17, 15) is 0 Å². The molecular weight excluding hydrogens is 234 g/mol. The Morgan fingerprint density at radius 3 is 2.33 bits per heavy atom. The number of hydrogen-bond donors (Lipinski definition) is 2. The van der Waals surface area contributed by atoms with Gasteiger partial charge in [-0.05, 0) is 6.92 Å². The summed E-state index contributed by atoms with van der Waals surface area (Å²) in [4.78, 5) is 16.4. The van der Waals surface area contributed by atoms with Crippen molar-refractivity contribution in [1.29, 1.82) is 0 Å². The van der Waals surface area contributed by atoms with Gasteiger partial charge in [-0.1, -0.05) is 0 Å². The zero-order chi connectivity index (χ0) is 13.7. The smallest absolute Gasteiger partial charge is 0.243 e. The molecule has 18 heavy (non-hydrogen) atoms. The lowest BCUT2D eigenvalue weighted by molar-refractivity contribution is 0.183. The third-order valence-electron chi connectivity index (χ3n) is 2.53. The molecule has 1 aromatic rings. The van der Waals surface area contributed by atoms with Crippen LogP contribution in [0.5, 0.6) is 0 Å². The molecule has 0 saturated heterocycles. The molecule has 0 aliphatic carbocycles. The summed E-state index contributed by atoms with van der Waals surface area (Å²) in [5, 5.41) is 0. The number of nitrogens with zero attached hydrogens (tertiary/aromatic N) is 5. The number of likely N-dealkylation sites (N-methyl/N-ethyl adjacent to an activating group) is 1. The third-order valence-corrected chi connectivity index (χ3v) is 2.53. The van der Waals surface area contributed by atoms with Crippen molar-refractivity contribution in [3.05, 3.63) is 0 Å². The first-order valence-corrected chi connectivity index (χ1v) is 5.61. The van der Waals surface area contributed by atoms with Crippen LogP contribution in [0.15, 0.2) is 0 Å². The summed E-state index contributed by atoms with van der Waals surface area (Å²) in [6, 6.07) is 0.151. The molecule has 1 unspecified atom stereocenters. The maximum absolute atomic E-state index is 5.36. The standard InChI is InChI=1S/C10H21N7O/c1-7(6-18-5)17(4)10-13-8(15-11)12-9(14-10)16(2)3/h7H,6,11H2,1-5H3,(H,12,13,14,15). The van der Waals surface area contributed by atoms with Gasteiger partial charge < -0.3 is 14.5 Å². The largest absolute Gasteiger partial charge is 0.383 e. The molecule has 0 spiro atoms. The number of aromatic nitrogens is 3. The van der Waals surface area contributed by atoms with E-state index in [2.05, 4.69) is 20.4 Å². The Labute approximate surface area is 107 Å². The lowest BCUT2D eigenvalue weighted by Gasteiger charge is -2.25. The molecule has 1 atom stereocenters. The number of rotatable bonds is 6. The van der Waals surface area contributed by atoms with Crippen LogP contribution < -0.4 is 21.1 Å². The molecule has 0 fully saturated rings. The van der Waals surface area contributed by atoms with Crippen LogP contribution in [0.25, 0.3) is 0 Å². The molecule has 0 saturated carbocycles. The summed E-state index contributed by atoms with van der Waals surface area (Å²) in [5.74, 6) is 6.78. The van der Waals surface area contributed by atoms with Crippen molar-refractivity contribution in [2.24, 2.45) is 5.84 Å². The minimum atomic E-state index is 0.151. The number of anilines is 3. The predicted octanol–water partition coefficient (Wildman–Crippen LogP) is -0.306. The number of methoxy groups -OCH3 is 1. The maximum Gasteiger partial charge on any atom is 0.243 e. The Balaban J connectivity index is 3.03. The van der Waals surface area contributed by atoms with E-state index in [0.717, 1.165) is 0 Å². The molecule has 8 heteroatoms. The fourth-order valence-electron chi connectivity index (χ4n) is 1.33. The van der Waals surface area contributed by atoms with E-state index in [1.54, 1.807) is 12.0 Å². The van der Waals surface area contributed by atoms with Gasteiger partial charge in [-0.25, -0.2) is 5.84 Å². The van der Waals surface area contributed by atoms with Crippen LogP contribution in [-0.2, 0) is 4.74 Å². The Bertz CT molecular complexity index is 384. The molecule has 3 N–H and O–H groups in total. The number of nitrogens with two attached hydrogens (primary N) is 1. The summed E-state index contributed by atoms with van der Waals surface area (Å²) in [6.07, 6.45) is 0. The van der Waals surface area contributed by atoms with Gasteiger partial charge in [0.15, 0.2) is 0 Å². The SMILES string of the molecule is COCC(C)N(C)c1nc(NN)nc(N(C)C)n1. The van der Waals surface area contributed by atoms with E-state index < -0.39 is 0 Å². The van der Waals surface area contributed by atoms with E-state index in [-0.39, 0.29) is 6.04 Å². The Morgan fingerprint density at radius 1 is 1.22 bits per heavy atom. The number of hydrogen-bond acceptors (Lipinski definition) is 8. The van der Waals surface area contributed by atoms with Crippen molar-refractivity contribution in [2.75, 3.05) is 50.1 Å². The zero-order valence-electron chi connectivity index (χ0n) is 11.5. The fraction of sp³-hybridized carbons (Fsp3) is 0.700. The quantitative estimate of drug-likeness (QED) is 0.528. The van der Waals surface area contributed by atoms with Crippen molar-refractivity contribution in [3.63, 3.8) is 0 Å². The molecule has 1 aromatic heterocycles. The van der Waals surface area contributed by atoms with E-state index in [1.807, 2.05) is 33.0 Å². The molecule has 0 amide bonds. The molecule has 0 aromatic carbocycles. The highest BCUT2D eigenvalue weighted by molar-refractivity contribution is 5.44. The number of hydrazine groups is 1. The second-order valence-electron chi connectivity index (χ2n) is 4.21. The second kappa shape index (κ2) is 6.31. The summed E-state index contributed by atoms with van der Waals surface area (Å²) < 4.78 is 5.12. The third kappa shape index (κ3) is 3.41. The monoisotopic (exact) mass is 255 g/mol. The van der Waals surface area contributed by atoms with Crippen LogP contribution in [0.4, 0.5) is 17.8 Å². The van der Waals surface area contributed by atoms with Crippen LogP contribution in [0, 0.1) is 0 Å². The normalized spacial score (nSPS) is 12.1. The molecular formula is C10H21N7O. The number of nitrogens with one attached hydrogen (secondary N) is 1. The van der Waals surface area contributed by atoms with E-state index in [4.69, 9.17) is 10.6 Å². The zero-order valence-corrected chi connectivity index (χ0v) is 11.5. The van der Waals surface area contributed by atoms with Gasteiger partial charge in [0, 0.05) is 28.3 Å². The highest BCUT2D eigenvalue weighted by atomic mass is 16.5. The predicted molar refractivity (Wildman–Crippen MR) is 71.7 cm³/mol. The van der Waals surface area contributed by atoms with Gasteiger partial charge >= 0.3 is 0 Å². The second-order valence-corrected chi connectivity index (χ2v) is 4.21. The summed E-state index contributed by atoms with van der Waals surface area (Å²) in [6.45, 7) is 2.61. The Hall–Kier alpha value is -1.67. The first-order chi connectivity index (χ1) is 8.49. The lowest BCUT2D eigenvalue weighted by Crippen LogP contribution is -2.34. The van der Waals surface area contributed by atoms with E-state index in [0.29, 0.717) is 24.5 Å². The average Bonchev–Trinajstić information content (AvgIpc) is 2.37. The van der Waals surface area contributed by atoms with Gasteiger partial charge in [-0.15, -0.1) is 0 Å². The highest BCUT2D eigenvalue weighted by Gasteiger charge is 2.15. The highest BCUT2D eigenvalue weighted by Crippen LogP contribution is 2.15. The van der Waals surface area contributed by atoms with E-state index >= 15 is 0 Å². The van der Waals surface area contributed by atoms with Crippen LogP contribution in [0.2, 0.25) is 0 Å². The lowest BCUT2D eigenvalue weighted by atomic mass is 10.3. The Morgan fingerprint density at radius 2 is 1.83 bits per heavy atom. The minimum Gasteiger partial charge on any atom is -0.383 e. The van der Waals surface area contributed by atoms with Gasteiger partial charge in [0.1, 0.15) is 0 Å². The first kappa shape index (κ1) is 14.4. The van der Waals surface area contributed by atoms with E-state index in [1.165, 1.54) is 0 Å². The molecule has 8 nitrogen and oxygen atoms in total. The number of ether oxygens (including phenoxy) is 1. The average molecular weight is 255 g/mol. The van der Waals surface area contributed by atoms with Gasteiger partial charge in [0.25, 0.3) is 0 Å². The van der Waals surface area contributed by atoms with Crippen LogP contribution in [0.1, 0.15) is 6.92 Å². The first-order valence-electron chi connectivity index (χ1n) is 5.61. The molecule has 0 bridgehead atoms. The van der Waals surface area contributed by atoms with Gasteiger partial charge in [0.05, 0.1) is 12.6 Å². The summed E-state index contributed by atoms with van der Waals surface area (Å²) in [7, 11) is 7.28. The van der Waals surface area contributed by atoms with Crippen molar-refractivity contribution >= 4 is 17.8 Å². The molecule has 1 rings (SSSR count). The minimum absolute atomic E-state index is 0.151. The Kier molecular flexibility index (Phi) is 5.05. The topological polar surface area (TPSA) is 92.4 Å². The van der Waals surface area contributed by atoms with Crippen LogP contribution in [-0.4, -0.2) is 55.9 Å². The number of nitrogen functional groups attached to an aromatic ring is 1. The molecule has 102 valence electrons. The fourth-order valence-corrected chi connectivity index (χ4v) is 1.33. The van der Waals surface area contributed by atoms with Gasteiger partial charge in [-0.2, -0.15) is 15.0 Å². The summed E-state index contributed by atoms with van der Waals surface area (Å²) in [5.41, 5.74) is 2.44. The van der Waals surface area contributed by atoms with Crippen molar-refractivity contribution in [1.82, 2.24) is 15.0 Å². The molecule has 0 radical (unpaired) electrons. The molecule has 1 heterocycles. The van der Waals surface area contributed by atoms with Gasteiger partial charge in [-0.3, -0.25) is 5.43 Å².